The van der Waals surface area contributed by atoms with Crippen molar-refractivity contribution in [3.63, 3.8) is 0 Å². The fraction of sp³-hybridized carbons (Fsp3) is 0.0455. The minimum Gasteiger partial charge on any atom is -0.435 e. The van der Waals surface area contributed by atoms with Crippen molar-refractivity contribution >= 4 is 11.6 Å². The van der Waals surface area contributed by atoms with Gasteiger partial charge in [0.1, 0.15) is 5.69 Å². The summed E-state index contributed by atoms with van der Waals surface area (Å²) in [4.78, 5) is 4.77. The number of halogens is 1. The lowest BCUT2D eigenvalue weighted by Gasteiger charge is -2.01. The first-order valence-corrected chi connectivity index (χ1v) is 8.48. The molecular weight excluding hydrogens is 330 g/mol. The van der Waals surface area contributed by atoms with Crippen LogP contribution in [-0.2, 0) is 0 Å². The Hall–Kier alpha value is -2.84. The van der Waals surface area contributed by atoms with Gasteiger partial charge in [-0.2, -0.15) is 0 Å². The van der Waals surface area contributed by atoms with E-state index < -0.39 is 0 Å². The summed E-state index contributed by atoms with van der Waals surface area (Å²) < 4.78 is 6.17. The van der Waals surface area contributed by atoms with Crippen molar-refractivity contribution in [2.45, 2.75) is 6.92 Å². The summed E-state index contributed by atoms with van der Waals surface area (Å²) in [5.74, 6) is 1.33. The molecule has 0 aliphatic carbocycles. The summed E-state index contributed by atoms with van der Waals surface area (Å²) in [5, 5.41) is 0.707. The highest BCUT2D eigenvalue weighted by Gasteiger charge is 2.18. The number of aryl methyl sites for hydroxylation is 1. The van der Waals surface area contributed by atoms with Crippen molar-refractivity contribution in [2.24, 2.45) is 0 Å². The number of hydrogen-bond donors (Lipinski definition) is 0. The molecule has 0 bridgehead atoms. The Morgan fingerprint density at radius 3 is 2.04 bits per heavy atom. The van der Waals surface area contributed by atoms with Gasteiger partial charge in [0, 0.05) is 21.7 Å². The first-order chi connectivity index (χ1) is 12.2. The van der Waals surface area contributed by atoms with Crippen molar-refractivity contribution in [1.29, 1.82) is 0 Å². The van der Waals surface area contributed by atoms with Crippen LogP contribution < -0.4 is 0 Å². The average molecular weight is 346 g/mol. The third-order valence-corrected chi connectivity index (χ3v) is 4.54. The fourth-order valence-corrected chi connectivity index (χ4v) is 2.93. The van der Waals surface area contributed by atoms with E-state index >= 15 is 0 Å². The Morgan fingerprint density at radius 1 is 0.760 bits per heavy atom. The molecule has 0 radical (unpaired) electrons. The van der Waals surface area contributed by atoms with Crippen LogP contribution in [-0.4, -0.2) is 4.98 Å². The SMILES string of the molecule is Cc1ccc(-c2nc(-c3ccccc3)c(-c3ccccc3)o2)cc1Cl. The number of nitrogens with zero attached hydrogens (tertiary/aromatic N) is 1. The molecule has 0 saturated heterocycles. The summed E-state index contributed by atoms with van der Waals surface area (Å²) >= 11 is 6.27. The molecule has 0 aliphatic heterocycles. The molecule has 0 aliphatic rings. The van der Waals surface area contributed by atoms with Gasteiger partial charge in [0.25, 0.3) is 0 Å². The first kappa shape index (κ1) is 15.7. The normalized spacial score (nSPS) is 10.8. The molecule has 3 heteroatoms. The molecule has 0 amide bonds. The van der Waals surface area contributed by atoms with Crippen LogP contribution in [0.25, 0.3) is 34.0 Å². The molecule has 4 rings (SSSR count). The van der Waals surface area contributed by atoms with Crippen LogP contribution >= 0.6 is 11.6 Å². The second-order valence-electron chi connectivity index (χ2n) is 5.89. The van der Waals surface area contributed by atoms with E-state index in [0.29, 0.717) is 10.9 Å². The molecule has 122 valence electrons. The molecule has 0 fully saturated rings. The lowest BCUT2D eigenvalue weighted by molar-refractivity contribution is 0.589. The van der Waals surface area contributed by atoms with E-state index in [2.05, 4.69) is 0 Å². The molecule has 3 aromatic carbocycles. The molecule has 0 saturated carbocycles. The number of rotatable bonds is 3. The van der Waals surface area contributed by atoms with Crippen LogP contribution in [0.15, 0.2) is 83.3 Å². The second kappa shape index (κ2) is 6.58. The van der Waals surface area contributed by atoms with Crippen molar-refractivity contribution in [1.82, 2.24) is 4.98 Å². The van der Waals surface area contributed by atoms with Gasteiger partial charge in [-0.05, 0) is 24.6 Å². The molecule has 0 atom stereocenters. The van der Waals surface area contributed by atoms with Gasteiger partial charge in [-0.3, -0.25) is 0 Å². The molecule has 4 aromatic rings. The Labute approximate surface area is 151 Å². The van der Waals surface area contributed by atoms with E-state index in [-0.39, 0.29) is 0 Å². The average Bonchev–Trinajstić information content (AvgIpc) is 3.11. The van der Waals surface area contributed by atoms with Crippen LogP contribution in [0, 0.1) is 6.92 Å². The smallest absolute Gasteiger partial charge is 0.227 e. The third-order valence-electron chi connectivity index (χ3n) is 4.13. The summed E-state index contributed by atoms with van der Waals surface area (Å²) in [5.41, 5.74) is 4.75. The summed E-state index contributed by atoms with van der Waals surface area (Å²) in [7, 11) is 0. The van der Waals surface area contributed by atoms with Gasteiger partial charge in [0.2, 0.25) is 5.89 Å². The molecule has 1 aromatic heterocycles. The van der Waals surface area contributed by atoms with Crippen LogP contribution in [0.4, 0.5) is 0 Å². The van der Waals surface area contributed by atoms with E-state index in [4.69, 9.17) is 21.0 Å². The number of benzene rings is 3. The largest absolute Gasteiger partial charge is 0.435 e. The predicted octanol–water partition coefficient (Wildman–Crippen LogP) is 6.64. The number of hydrogen-bond acceptors (Lipinski definition) is 2. The van der Waals surface area contributed by atoms with E-state index in [0.717, 1.165) is 33.7 Å². The zero-order valence-corrected chi connectivity index (χ0v) is 14.5. The standard InChI is InChI=1S/C22H16ClNO/c1-15-12-13-18(14-19(15)23)22-24-20(16-8-4-2-5-9-16)21(25-22)17-10-6-3-7-11-17/h2-14H,1H3. The Morgan fingerprint density at radius 2 is 1.40 bits per heavy atom. The van der Waals surface area contributed by atoms with Crippen molar-refractivity contribution in [3.8, 4) is 34.0 Å². The fourth-order valence-electron chi connectivity index (χ4n) is 2.75. The topological polar surface area (TPSA) is 26.0 Å². The highest BCUT2D eigenvalue weighted by molar-refractivity contribution is 6.31. The van der Waals surface area contributed by atoms with Crippen LogP contribution in [0.3, 0.4) is 0 Å². The molecule has 0 spiro atoms. The van der Waals surface area contributed by atoms with Gasteiger partial charge in [-0.1, -0.05) is 78.3 Å². The lowest BCUT2D eigenvalue weighted by Crippen LogP contribution is -1.83. The monoisotopic (exact) mass is 345 g/mol. The van der Waals surface area contributed by atoms with Gasteiger partial charge in [0.05, 0.1) is 0 Å². The molecule has 0 unspecified atom stereocenters. The van der Waals surface area contributed by atoms with Crippen LogP contribution in [0.2, 0.25) is 5.02 Å². The molecule has 2 nitrogen and oxygen atoms in total. The van der Waals surface area contributed by atoms with E-state index in [1.807, 2.05) is 85.8 Å². The minimum atomic E-state index is 0.569. The Balaban J connectivity index is 1.90. The van der Waals surface area contributed by atoms with Crippen LogP contribution in [0.5, 0.6) is 0 Å². The van der Waals surface area contributed by atoms with Gasteiger partial charge in [0.15, 0.2) is 5.76 Å². The highest BCUT2D eigenvalue weighted by Crippen LogP contribution is 2.36. The lowest BCUT2D eigenvalue weighted by atomic mass is 10.1. The van der Waals surface area contributed by atoms with Crippen LogP contribution in [0.1, 0.15) is 5.56 Å². The van der Waals surface area contributed by atoms with Gasteiger partial charge >= 0.3 is 0 Å². The van der Waals surface area contributed by atoms with Crippen molar-refractivity contribution in [2.75, 3.05) is 0 Å². The maximum atomic E-state index is 6.27. The predicted molar refractivity (Wildman–Crippen MR) is 103 cm³/mol. The van der Waals surface area contributed by atoms with Gasteiger partial charge in [-0.25, -0.2) is 4.98 Å². The van der Waals surface area contributed by atoms with Gasteiger partial charge in [-0.15, -0.1) is 0 Å². The minimum absolute atomic E-state index is 0.569. The zero-order chi connectivity index (χ0) is 17.2. The zero-order valence-electron chi connectivity index (χ0n) is 13.7. The summed E-state index contributed by atoms with van der Waals surface area (Å²) in [6.45, 7) is 1.98. The van der Waals surface area contributed by atoms with E-state index in [1.165, 1.54) is 0 Å². The number of aromatic nitrogens is 1. The second-order valence-corrected chi connectivity index (χ2v) is 6.30. The van der Waals surface area contributed by atoms with E-state index in [9.17, 15) is 0 Å². The van der Waals surface area contributed by atoms with Gasteiger partial charge < -0.3 is 4.42 Å². The van der Waals surface area contributed by atoms with Crippen molar-refractivity contribution < 1.29 is 4.42 Å². The molecule has 25 heavy (non-hydrogen) atoms. The van der Waals surface area contributed by atoms with E-state index in [1.54, 1.807) is 0 Å². The number of oxazole rings is 1. The molecule has 1 heterocycles. The molecular formula is C22H16ClNO. The quantitative estimate of drug-likeness (QED) is 0.416. The maximum Gasteiger partial charge on any atom is 0.227 e. The summed E-state index contributed by atoms with van der Waals surface area (Å²) in [6.07, 6.45) is 0. The molecule has 0 N–H and O–H groups in total. The summed E-state index contributed by atoms with van der Waals surface area (Å²) in [6, 6.07) is 26.0. The Kier molecular flexibility index (Phi) is 4.12. The third kappa shape index (κ3) is 3.09. The first-order valence-electron chi connectivity index (χ1n) is 8.10. The van der Waals surface area contributed by atoms with Crippen molar-refractivity contribution in [3.05, 3.63) is 89.4 Å². The Bertz CT molecular complexity index is 950. The highest BCUT2D eigenvalue weighted by atomic mass is 35.5. The maximum absolute atomic E-state index is 6.27.